The largest absolute Gasteiger partial charge is 2.00 e. The zero-order chi connectivity index (χ0) is 20.3. The summed E-state index contributed by atoms with van der Waals surface area (Å²) in [7, 11) is 3.01. The van der Waals surface area contributed by atoms with E-state index in [1.165, 1.54) is 14.1 Å². The first-order valence-corrected chi connectivity index (χ1v) is 5.09. The Balaban J connectivity index is -0.0000000739. The molecule has 0 heterocycles. The normalized spacial score (nSPS) is 8.88. The van der Waals surface area contributed by atoms with Crippen LogP contribution in [0.4, 0.5) is 0 Å². The molecule has 0 unspecified atom stereocenters. The zero-order valence-electron chi connectivity index (χ0n) is 12.8. The molecular weight excluding hydrogens is 400 g/mol. The smallest absolute Gasteiger partial charge is 0.370 e. The summed E-state index contributed by atoms with van der Waals surface area (Å²) in [5.41, 5.74) is 19.9. The average molecular weight is 418 g/mol. The number of rotatable bonds is 0. The molecule has 0 fully saturated rings. The fraction of sp³-hybridized carbons (Fsp3) is 0.333. The second kappa shape index (κ2) is 22.7. The van der Waals surface area contributed by atoms with Gasteiger partial charge in [-0.15, -0.1) is 0 Å². The van der Waals surface area contributed by atoms with Crippen molar-refractivity contribution in [2.75, 3.05) is 14.1 Å². The second-order valence-corrected chi connectivity index (χ2v) is 2.74. The first kappa shape index (κ1) is 33.1. The molecule has 0 aliphatic rings. The van der Waals surface area contributed by atoms with Crippen LogP contribution in [0.25, 0.3) is 0 Å². The van der Waals surface area contributed by atoms with Crippen LogP contribution in [0.5, 0.6) is 0 Å². The Morgan fingerprint density at radius 3 is 1.00 bits per heavy atom. The summed E-state index contributed by atoms with van der Waals surface area (Å²) >= 11 is 0. The molecule has 0 bridgehead atoms. The zero-order valence-corrected chi connectivity index (χ0v) is 13.8. The van der Waals surface area contributed by atoms with Crippen molar-refractivity contribution in [1.82, 2.24) is 10.6 Å². The number of hydrogen-bond donors (Lipinski definition) is 8. The van der Waals surface area contributed by atoms with Crippen molar-refractivity contribution in [2.45, 2.75) is 0 Å². The molecular formula is C6H18CuN12O6. The Morgan fingerprint density at radius 1 is 0.800 bits per heavy atom. The molecule has 0 saturated carbocycles. The summed E-state index contributed by atoms with van der Waals surface area (Å²) in [6.45, 7) is 0. The number of hydrogen-bond acceptors (Lipinski definition) is 10. The van der Waals surface area contributed by atoms with E-state index in [2.05, 4.69) is 20.6 Å². The van der Waals surface area contributed by atoms with Crippen LogP contribution in [0.15, 0.2) is 9.98 Å². The van der Waals surface area contributed by atoms with E-state index in [1.54, 1.807) is 0 Å². The quantitative estimate of drug-likeness (QED) is 0.0620. The van der Waals surface area contributed by atoms with E-state index in [-0.39, 0.29) is 40.9 Å². The molecule has 149 valence electrons. The minimum Gasteiger partial charge on any atom is -0.370 e. The molecule has 19 heteroatoms. The third kappa shape index (κ3) is 97.9. The van der Waals surface area contributed by atoms with Gasteiger partial charge in [0.25, 0.3) is 0 Å². The van der Waals surface area contributed by atoms with Crippen molar-refractivity contribution in [1.29, 1.82) is 10.8 Å². The predicted octanol–water partition coefficient (Wildman–Crippen LogP) is -3.65. The molecule has 0 aromatic heterocycles. The molecule has 25 heavy (non-hydrogen) atoms. The minimum atomic E-state index is -1.75. The third-order valence-electron chi connectivity index (χ3n) is 1.01. The van der Waals surface area contributed by atoms with Crippen molar-refractivity contribution >= 4 is 23.8 Å². The molecule has 1 radical (unpaired) electrons. The maximum absolute atomic E-state index is 8.25. The van der Waals surface area contributed by atoms with E-state index < -0.39 is 10.2 Å². The molecule has 0 aromatic rings. The van der Waals surface area contributed by atoms with Gasteiger partial charge >= 0.3 is 17.1 Å². The first-order chi connectivity index (χ1) is 10.8. The van der Waals surface area contributed by atoms with Crippen molar-refractivity contribution < 1.29 is 27.2 Å². The minimum absolute atomic E-state index is 0. The molecule has 0 aliphatic carbocycles. The molecule has 0 amide bonds. The molecule has 0 aromatic carbocycles. The van der Waals surface area contributed by atoms with Gasteiger partial charge in [-0.3, -0.25) is 31.4 Å². The van der Waals surface area contributed by atoms with Crippen molar-refractivity contribution in [3.8, 4) is 0 Å². The molecule has 0 spiro atoms. The van der Waals surface area contributed by atoms with Crippen LogP contribution >= 0.6 is 0 Å². The van der Waals surface area contributed by atoms with Gasteiger partial charge in [0.1, 0.15) is 0 Å². The Kier molecular flexibility index (Phi) is 30.0. The SMILES string of the molecule is CN=C(N)NC(=N)N.CN=C(N)NC(=N)N.O=[N+]([O-])[O-].O=[N+]([O-])[O-].[Cu+2]. The summed E-state index contributed by atoms with van der Waals surface area (Å²) in [5.74, 6) is -0.101. The van der Waals surface area contributed by atoms with Crippen LogP contribution in [0.3, 0.4) is 0 Å². The van der Waals surface area contributed by atoms with Gasteiger partial charge in [0.15, 0.2) is 23.8 Å². The Morgan fingerprint density at radius 2 is 0.960 bits per heavy atom. The summed E-state index contributed by atoms with van der Waals surface area (Å²) in [4.78, 5) is 23.5. The van der Waals surface area contributed by atoms with Gasteiger partial charge in [0.05, 0.1) is 10.2 Å². The van der Waals surface area contributed by atoms with Gasteiger partial charge in [-0.25, -0.2) is 0 Å². The van der Waals surface area contributed by atoms with Gasteiger partial charge in [0.2, 0.25) is 0 Å². The maximum Gasteiger partial charge on any atom is 2.00 e. The van der Waals surface area contributed by atoms with E-state index in [1.807, 2.05) is 0 Å². The van der Waals surface area contributed by atoms with E-state index >= 15 is 0 Å². The van der Waals surface area contributed by atoms with E-state index in [9.17, 15) is 0 Å². The van der Waals surface area contributed by atoms with Gasteiger partial charge in [-0.2, -0.15) is 0 Å². The number of nitrogens with one attached hydrogen (secondary N) is 4. The predicted molar refractivity (Wildman–Crippen MR) is 85.9 cm³/mol. The van der Waals surface area contributed by atoms with E-state index in [0.29, 0.717) is 0 Å². The summed E-state index contributed by atoms with van der Waals surface area (Å²) < 4.78 is 0. The van der Waals surface area contributed by atoms with Crippen LogP contribution in [0, 0.1) is 41.5 Å². The van der Waals surface area contributed by atoms with Gasteiger partial charge in [0, 0.05) is 14.1 Å². The topological polar surface area (TPSA) is 333 Å². The van der Waals surface area contributed by atoms with Crippen LogP contribution in [-0.2, 0) is 17.1 Å². The number of aliphatic imine (C=N–C) groups is 2. The fourth-order valence-corrected chi connectivity index (χ4v) is 0.388. The second-order valence-electron chi connectivity index (χ2n) is 2.74. The number of guanidine groups is 4. The van der Waals surface area contributed by atoms with Gasteiger partial charge in [-0.1, -0.05) is 0 Å². The van der Waals surface area contributed by atoms with Crippen LogP contribution in [-0.4, -0.2) is 48.1 Å². The summed E-state index contributed by atoms with van der Waals surface area (Å²) in [6.07, 6.45) is 0. The fourth-order valence-electron chi connectivity index (χ4n) is 0.388. The van der Waals surface area contributed by atoms with Crippen LogP contribution in [0.1, 0.15) is 0 Å². The standard InChI is InChI=1S/2C3H9N5.Cu.2NO3/c2*1-7-3(6)8-2(4)5;;2*2-1(3)4/h2*1H3,(H6,4,5,6,7,8);;;/q;;+2;2*-1. The molecule has 0 saturated heterocycles. The van der Waals surface area contributed by atoms with E-state index in [4.69, 9.17) is 64.4 Å². The Bertz CT molecular complexity index is 417. The van der Waals surface area contributed by atoms with Crippen molar-refractivity contribution in [2.24, 2.45) is 32.9 Å². The average Bonchev–Trinajstić information content (AvgIpc) is 2.36. The summed E-state index contributed by atoms with van der Waals surface area (Å²) in [6, 6.07) is 0. The Labute approximate surface area is 151 Å². The number of nitrogens with two attached hydrogens (primary N) is 4. The van der Waals surface area contributed by atoms with Crippen LogP contribution in [0.2, 0.25) is 0 Å². The molecule has 0 atom stereocenters. The van der Waals surface area contributed by atoms with Crippen molar-refractivity contribution in [3.63, 3.8) is 0 Å². The Hall–Kier alpha value is -3.60. The first-order valence-electron chi connectivity index (χ1n) is 5.09. The van der Waals surface area contributed by atoms with Crippen molar-refractivity contribution in [3.05, 3.63) is 30.6 Å². The molecule has 12 N–H and O–H groups in total. The van der Waals surface area contributed by atoms with Gasteiger partial charge in [-0.05, 0) is 0 Å². The van der Waals surface area contributed by atoms with E-state index in [0.717, 1.165) is 0 Å². The molecule has 0 rings (SSSR count). The maximum atomic E-state index is 8.25. The van der Waals surface area contributed by atoms with Gasteiger partial charge < -0.3 is 53.6 Å². The number of nitrogens with zero attached hydrogens (tertiary/aromatic N) is 4. The monoisotopic (exact) mass is 417 g/mol. The molecule has 18 nitrogen and oxygen atoms in total. The summed E-state index contributed by atoms with van der Waals surface area (Å²) in [5, 5.41) is 47.3. The third-order valence-corrected chi connectivity index (χ3v) is 1.01. The molecule has 0 aliphatic heterocycles. The van der Waals surface area contributed by atoms with Crippen LogP contribution < -0.4 is 33.6 Å².